The van der Waals surface area contributed by atoms with Gasteiger partial charge in [0.25, 0.3) is 0 Å². The van der Waals surface area contributed by atoms with Crippen LogP contribution in [0.25, 0.3) is 0 Å². The molecule has 2 aliphatic heterocycles. The molecule has 124 valence electrons. The quantitative estimate of drug-likeness (QED) is 0.857. The molecule has 22 heavy (non-hydrogen) atoms. The molecule has 1 unspecified atom stereocenters. The summed E-state index contributed by atoms with van der Waals surface area (Å²) in [7, 11) is -1.60. The first-order chi connectivity index (χ1) is 10.6. The molecule has 0 aliphatic carbocycles. The maximum Gasteiger partial charge on any atom is 0.246 e. The fourth-order valence-electron chi connectivity index (χ4n) is 3.30. The van der Waals surface area contributed by atoms with Crippen molar-refractivity contribution in [1.82, 2.24) is 19.4 Å². The predicted molar refractivity (Wildman–Crippen MR) is 82.2 cm³/mol. The summed E-state index contributed by atoms with van der Waals surface area (Å²) in [6.45, 7) is 2.70. The summed E-state index contributed by atoms with van der Waals surface area (Å²) in [5.41, 5.74) is 0. The fourth-order valence-corrected chi connectivity index (χ4v) is 4.94. The van der Waals surface area contributed by atoms with Crippen molar-refractivity contribution < 1.29 is 13.2 Å². The van der Waals surface area contributed by atoms with Crippen LogP contribution in [-0.4, -0.2) is 61.9 Å². The van der Waals surface area contributed by atoms with E-state index in [2.05, 4.69) is 10.4 Å². The molecule has 7 nitrogen and oxygen atoms in total. The molecule has 3 heterocycles. The van der Waals surface area contributed by atoms with Gasteiger partial charge in [-0.15, -0.1) is 0 Å². The lowest BCUT2D eigenvalue weighted by Gasteiger charge is -2.23. The van der Waals surface area contributed by atoms with Crippen LogP contribution in [0.2, 0.25) is 0 Å². The van der Waals surface area contributed by atoms with E-state index in [4.69, 9.17) is 4.74 Å². The van der Waals surface area contributed by atoms with Gasteiger partial charge in [-0.05, 0) is 32.7 Å². The van der Waals surface area contributed by atoms with Crippen molar-refractivity contribution in [1.29, 1.82) is 0 Å². The van der Waals surface area contributed by atoms with E-state index in [1.54, 1.807) is 15.2 Å². The second-order valence-electron chi connectivity index (χ2n) is 5.97. The highest BCUT2D eigenvalue weighted by molar-refractivity contribution is 7.89. The standard InChI is InChI=1S/C14H24N4O3S/c1-15-9-13-3-2-6-18(13)22(19,20)14-10-16-17(11-14)12-4-7-21-8-5-12/h10-13,15H,2-9H2,1H3. The van der Waals surface area contributed by atoms with Crippen LogP contribution in [0, 0.1) is 0 Å². The molecule has 0 bridgehead atoms. The Morgan fingerprint density at radius 2 is 2.14 bits per heavy atom. The van der Waals surface area contributed by atoms with E-state index in [1.165, 1.54) is 6.20 Å². The Bertz CT molecular complexity index is 595. The summed E-state index contributed by atoms with van der Waals surface area (Å²) >= 11 is 0. The summed E-state index contributed by atoms with van der Waals surface area (Å²) < 4.78 is 34.4. The van der Waals surface area contributed by atoms with Gasteiger partial charge in [-0.1, -0.05) is 0 Å². The van der Waals surface area contributed by atoms with E-state index in [0.717, 1.165) is 25.7 Å². The molecule has 2 fully saturated rings. The number of nitrogens with zero attached hydrogens (tertiary/aromatic N) is 3. The number of likely N-dealkylation sites (N-methyl/N-ethyl adjacent to an activating group) is 1. The van der Waals surface area contributed by atoms with Gasteiger partial charge in [0.15, 0.2) is 0 Å². The number of hydrogen-bond donors (Lipinski definition) is 1. The average Bonchev–Trinajstić information content (AvgIpc) is 3.18. The van der Waals surface area contributed by atoms with E-state index in [-0.39, 0.29) is 12.1 Å². The summed E-state index contributed by atoms with van der Waals surface area (Å²) in [6, 6.07) is 0.283. The van der Waals surface area contributed by atoms with Crippen LogP contribution >= 0.6 is 0 Å². The van der Waals surface area contributed by atoms with Gasteiger partial charge < -0.3 is 10.1 Å². The van der Waals surface area contributed by atoms with Gasteiger partial charge in [0.1, 0.15) is 4.90 Å². The fraction of sp³-hybridized carbons (Fsp3) is 0.786. The Hall–Kier alpha value is -0.960. The first-order valence-corrected chi connectivity index (χ1v) is 9.35. The van der Waals surface area contributed by atoms with E-state index >= 15 is 0 Å². The molecule has 0 aromatic carbocycles. The first kappa shape index (κ1) is 15.9. The molecule has 1 atom stereocenters. The van der Waals surface area contributed by atoms with E-state index in [0.29, 0.717) is 31.2 Å². The Morgan fingerprint density at radius 1 is 1.36 bits per heavy atom. The third-order valence-electron chi connectivity index (χ3n) is 4.51. The topological polar surface area (TPSA) is 76.5 Å². The number of aromatic nitrogens is 2. The minimum atomic E-state index is -3.45. The van der Waals surface area contributed by atoms with E-state index < -0.39 is 10.0 Å². The van der Waals surface area contributed by atoms with Gasteiger partial charge in [-0.2, -0.15) is 9.40 Å². The molecule has 1 aromatic heterocycles. The minimum absolute atomic E-state index is 0.0430. The van der Waals surface area contributed by atoms with Crippen molar-refractivity contribution in [3.05, 3.63) is 12.4 Å². The first-order valence-electron chi connectivity index (χ1n) is 7.91. The van der Waals surface area contributed by atoms with Gasteiger partial charge in [-0.3, -0.25) is 4.68 Å². The molecule has 3 rings (SSSR count). The van der Waals surface area contributed by atoms with Gasteiger partial charge in [0, 0.05) is 38.5 Å². The van der Waals surface area contributed by atoms with Crippen LogP contribution in [0.4, 0.5) is 0 Å². The normalized spacial score (nSPS) is 24.9. The number of ether oxygens (including phenoxy) is 1. The zero-order chi connectivity index (χ0) is 15.6. The Kier molecular flexibility index (Phi) is 4.82. The SMILES string of the molecule is CNCC1CCCN1S(=O)(=O)c1cnn(C2CCOCC2)c1. The monoisotopic (exact) mass is 328 g/mol. The summed E-state index contributed by atoms with van der Waals surface area (Å²) in [4.78, 5) is 0.307. The van der Waals surface area contributed by atoms with Crippen LogP contribution in [0.15, 0.2) is 17.3 Å². The zero-order valence-electron chi connectivity index (χ0n) is 12.9. The number of sulfonamides is 1. The third-order valence-corrected chi connectivity index (χ3v) is 6.42. The molecule has 0 spiro atoms. The summed E-state index contributed by atoms with van der Waals surface area (Å²) in [5, 5.41) is 7.37. The highest BCUT2D eigenvalue weighted by atomic mass is 32.2. The van der Waals surface area contributed by atoms with E-state index in [1.807, 2.05) is 7.05 Å². The molecule has 2 aliphatic rings. The van der Waals surface area contributed by atoms with E-state index in [9.17, 15) is 8.42 Å². The van der Waals surface area contributed by atoms with Gasteiger partial charge in [0.2, 0.25) is 10.0 Å². The summed E-state index contributed by atoms with van der Waals surface area (Å²) in [5.74, 6) is 0. The number of nitrogens with one attached hydrogen (secondary N) is 1. The Balaban J connectivity index is 1.79. The van der Waals surface area contributed by atoms with Crippen molar-refractivity contribution in [3.8, 4) is 0 Å². The van der Waals surface area contributed by atoms with Crippen LogP contribution in [0.5, 0.6) is 0 Å². The van der Waals surface area contributed by atoms with Crippen LogP contribution in [0.3, 0.4) is 0 Å². The Morgan fingerprint density at radius 3 is 2.86 bits per heavy atom. The van der Waals surface area contributed by atoms with Gasteiger partial charge in [-0.25, -0.2) is 8.42 Å². The largest absolute Gasteiger partial charge is 0.381 e. The predicted octanol–water partition coefficient (Wildman–Crippen LogP) is 0.607. The maximum atomic E-state index is 12.8. The maximum absolute atomic E-state index is 12.8. The number of rotatable bonds is 5. The molecule has 1 N–H and O–H groups in total. The number of hydrogen-bond acceptors (Lipinski definition) is 5. The molecule has 2 saturated heterocycles. The van der Waals surface area contributed by atoms with Crippen LogP contribution in [-0.2, 0) is 14.8 Å². The molecule has 8 heteroatoms. The van der Waals surface area contributed by atoms with Crippen LogP contribution < -0.4 is 5.32 Å². The van der Waals surface area contributed by atoms with Crippen molar-refractivity contribution in [2.24, 2.45) is 0 Å². The highest BCUT2D eigenvalue weighted by Crippen LogP contribution is 2.27. The zero-order valence-corrected chi connectivity index (χ0v) is 13.8. The van der Waals surface area contributed by atoms with Crippen molar-refractivity contribution in [2.75, 3.05) is 33.4 Å². The minimum Gasteiger partial charge on any atom is -0.381 e. The molecule has 0 saturated carbocycles. The Labute approximate surface area is 131 Å². The van der Waals surface area contributed by atoms with Crippen molar-refractivity contribution in [3.63, 3.8) is 0 Å². The van der Waals surface area contributed by atoms with Gasteiger partial charge in [0.05, 0.1) is 12.2 Å². The summed E-state index contributed by atoms with van der Waals surface area (Å²) in [6.07, 6.45) is 6.76. The van der Waals surface area contributed by atoms with Crippen molar-refractivity contribution >= 4 is 10.0 Å². The van der Waals surface area contributed by atoms with Crippen LogP contribution in [0.1, 0.15) is 31.7 Å². The molecular weight excluding hydrogens is 304 g/mol. The smallest absolute Gasteiger partial charge is 0.246 e. The average molecular weight is 328 g/mol. The lowest BCUT2D eigenvalue weighted by molar-refractivity contribution is 0.0662. The van der Waals surface area contributed by atoms with Crippen molar-refractivity contribution in [2.45, 2.75) is 42.7 Å². The second-order valence-corrected chi connectivity index (χ2v) is 7.86. The molecule has 0 radical (unpaired) electrons. The molecular formula is C14H24N4O3S. The highest BCUT2D eigenvalue weighted by Gasteiger charge is 2.35. The molecule has 1 aromatic rings. The van der Waals surface area contributed by atoms with Gasteiger partial charge >= 0.3 is 0 Å². The third kappa shape index (κ3) is 3.05. The lowest BCUT2D eigenvalue weighted by Crippen LogP contribution is -2.40. The molecule has 0 amide bonds. The lowest BCUT2D eigenvalue weighted by atomic mass is 10.1. The second kappa shape index (κ2) is 6.66.